The van der Waals surface area contributed by atoms with Crippen LogP contribution in [0.4, 0.5) is 11.4 Å². The fourth-order valence-electron chi connectivity index (χ4n) is 2.17. The smallest absolute Gasteiger partial charge is 0.272 e. The molecule has 0 atom stereocenters. The van der Waals surface area contributed by atoms with Gasteiger partial charge >= 0.3 is 0 Å². The van der Waals surface area contributed by atoms with E-state index in [1.807, 2.05) is 35.0 Å². The molecule has 6 heteroatoms. The van der Waals surface area contributed by atoms with Crippen LogP contribution >= 0.6 is 0 Å². The zero-order chi connectivity index (χ0) is 14.8. The van der Waals surface area contributed by atoms with Gasteiger partial charge in [0, 0.05) is 18.1 Å². The lowest BCUT2D eigenvalue weighted by molar-refractivity contribution is 0.408. The number of anilines is 2. The summed E-state index contributed by atoms with van der Waals surface area (Å²) in [5.41, 5.74) is 0.805. The van der Waals surface area contributed by atoms with Gasteiger partial charge in [0.1, 0.15) is 5.69 Å². The van der Waals surface area contributed by atoms with Crippen molar-refractivity contribution in [1.29, 1.82) is 0 Å². The maximum absolute atomic E-state index is 11.6. The molecule has 106 valence electrons. The highest BCUT2D eigenvalue weighted by Gasteiger charge is 2.22. The molecule has 21 heavy (non-hydrogen) atoms. The Balaban J connectivity index is 1.91. The van der Waals surface area contributed by atoms with Crippen molar-refractivity contribution in [3.8, 4) is 5.75 Å². The summed E-state index contributed by atoms with van der Waals surface area (Å²) in [6.45, 7) is 0.612. The Kier molecular flexibility index (Phi) is 3.27. The van der Waals surface area contributed by atoms with Crippen LogP contribution in [0.5, 0.6) is 5.75 Å². The first-order chi connectivity index (χ1) is 10.2. The second-order valence-electron chi connectivity index (χ2n) is 4.58. The normalized spacial score (nSPS) is 10.7. The van der Waals surface area contributed by atoms with Crippen LogP contribution in [-0.2, 0) is 6.54 Å². The Bertz CT molecular complexity index is 830. The summed E-state index contributed by atoms with van der Waals surface area (Å²) in [5.74, 6) is 0.0810. The van der Waals surface area contributed by atoms with Crippen molar-refractivity contribution in [2.45, 2.75) is 6.54 Å². The number of nitrogens with one attached hydrogen (secondary N) is 1. The largest absolute Gasteiger partial charge is 0.491 e. The first kappa shape index (κ1) is 13.1. The Morgan fingerprint density at radius 2 is 2.05 bits per heavy atom. The van der Waals surface area contributed by atoms with Crippen LogP contribution in [0.15, 0.2) is 52.6 Å². The van der Waals surface area contributed by atoms with Gasteiger partial charge in [0.05, 0.1) is 20.0 Å². The predicted molar refractivity (Wildman–Crippen MR) is 79.0 cm³/mol. The van der Waals surface area contributed by atoms with Crippen LogP contribution < -0.4 is 20.9 Å². The third kappa shape index (κ3) is 2.31. The minimum absolute atomic E-state index is 0.0810. The van der Waals surface area contributed by atoms with E-state index in [-0.39, 0.29) is 11.4 Å². The van der Waals surface area contributed by atoms with Crippen LogP contribution in [0, 0.1) is 0 Å². The molecule has 0 fully saturated rings. The number of para-hydroxylation sites is 1. The van der Waals surface area contributed by atoms with E-state index in [1.54, 1.807) is 12.5 Å². The summed E-state index contributed by atoms with van der Waals surface area (Å²) in [6, 6.07) is 7.57. The second kappa shape index (κ2) is 5.24. The van der Waals surface area contributed by atoms with Crippen LogP contribution in [-0.4, -0.2) is 16.7 Å². The monoisotopic (exact) mass is 283 g/mol. The minimum Gasteiger partial charge on any atom is -0.491 e. The number of hydrogen-bond acceptors (Lipinski definition) is 5. The fraction of sp³-hybridized carbons (Fsp3) is 0.133. The molecule has 1 N–H and O–H groups in total. The third-order valence-corrected chi connectivity index (χ3v) is 3.26. The number of ether oxygens (including phenoxy) is 1. The highest BCUT2D eigenvalue weighted by Crippen LogP contribution is 2.25. The molecule has 1 aromatic heterocycles. The highest BCUT2D eigenvalue weighted by molar-refractivity contribution is 5.71. The van der Waals surface area contributed by atoms with Gasteiger partial charge in [-0.3, -0.25) is 9.59 Å². The van der Waals surface area contributed by atoms with Gasteiger partial charge < -0.3 is 14.6 Å². The lowest BCUT2D eigenvalue weighted by Crippen LogP contribution is -2.34. The van der Waals surface area contributed by atoms with E-state index in [0.29, 0.717) is 6.54 Å². The number of hydrogen-bond donors (Lipinski definition) is 1. The zero-order valence-corrected chi connectivity index (χ0v) is 11.4. The maximum Gasteiger partial charge on any atom is 0.272 e. The van der Waals surface area contributed by atoms with E-state index in [0.717, 1.165) is 11.3 Å². The quantitative estimate of drug-likeness (QED) is 0.714. The van der Waals surface area contributed by atoms with Crippen molar-refractivity contribution in [2.24, 2.45) is 0 Å². The molecular weight excluding hydrogens is 270 g/mol. The van der Waals surface area contributed by atoms with Gasteiger partial charge in [-0.15, -0.1) is 0 Å². The molecule has 1 heterocycles. The van der Waals surface area contributed by atoms with E-state index in [4.69, 9.17) is 4.74 Å². The molecule has 0 radical (unpaired) electrons. The molecule has 0 amide bonds. The average Bonchev–Trinajstić information content (AvgIpc) is 3.01. The van der Waals surface area contributed by atoms with Gasteiger partial charge in [-0.05, 0) is 11.6 Å². The summed E-state index contributed by atoms with van der Waals surface area (Å²) in [7, 11) is 1.37. The maximum atomic E-state index is 11.6. The number of rotatable bonds is 5. The summed E-state index contributed by atoms with van der Waals surface area (Å²) < 4.78 is 6.85. The lowest BCUT2D eigenvalue weighted by atomic mass is 10.1. The number of nitrogens with zero attached hydrogens (tertiary/aromatic N) is 2. The molecule has 3 aromatic rings. The minimum atomic E-state index is -0.591. The number of imidazole rings is 1. The predicted octanol–water partition coefficient (Wildman–Crippen LogP) is 1.28. The molecule has 0 aliphatic rings. The zero-order valence-electron chi connectivity index (χ0n) is 11.4. The van der Waals surface area contributed by atoms with Crippen molar-refractivity contribution in [3.63, 3.8) is 0 Å². The highest BCUT2D eigenvalue weighted by atomic mass is 16.5. The van der Waals surface area contributed by atoms with Crippen molar-refractivity contribution in [1.82, 2.24) is 9.55 Å². The molecule has 0 saturated heterocycles. The topological polar surface area (TPSA) is 73.2 Å². The van der Waals surface area contributed by atoms with E-state index in [1.165, 1.54) is 7.11 Å². The first-order valence-corrected chi connectivity index (χ1v) is 6.38. The Hall–Kier alpha value is -2.89. The lowest BCUT2D eigenvalue weighted by Gasteiger charge is -2.15. The summed E-state index contributed by atoms with van der Waals surface area (Å²) in [5, 5.41) is 2.99. The van der Waals surface area contributed by atoms with Gasteiger partial charge in [-0.25, -0.2) is 4.98 Å². The second-order valence-corrected chi connectivity index (χ2v) is 4.58. The SMILES string of the molecule is COc1c(Nc2ccccc2Cn2ccnc2)c(=O)c1=O. The molecule has 0 bridgehead atoms. The van der Waals surface area contributed by atoms with Crippen LogP contribution in [0.2, 0.25) is 0 Å². The van der Waals surface area contributed by atoms with Crippen molar-refractivity contribution >= 4 is 11.4 Å². The van der Waals surface area contributed by atoms with Crippen LogP contribution in [0.1, 0.15) is 5.56 Å². The van der Waals surface area contributed by atoms with Gasteiger partial charge in [-0.1, -0.05) is 18.2 Å². The Morgan fingerprint density at radius 1 is 1.24 bits per heavy atom. The molecule has 0 aliphatic heterocycles. The van der Waals surface area contributed by atoms with Gasteiger partial charge in [-0.2, -0.15) is 0 Å². The Morgan fingerprint density at radius 3 is 2.76 bits per heavy atom. The van der Waals surface area contributed by atoms with Gasteiger partial charge in [0.25, 0.3) is 10.9 Å². The molecule has 0 unspecified atom stereocenters. The average molecular weight is 283 g/mol. The summed E-state index contributed by atoms with van der Waals surface area (Å²) in [6.07, 6.45) is 5.28. The number of methoxy groups -OCH3 is 1. The molecule has 0 aliphatic carbocycles. The van der Waals surface area contributed by atoms with Crippen molar-refractivity contribution < 1.29 is 4.74 Å². The molecule has 0 spiro atoms. The van der Waals surface area contributed by atoms with E-state index in [2.05, 4.69) is 10.3 Å². The van der Waals surface area contributed by atoms with Crippen molar-refractivity contribution in [3.05, 3.63) is 69.0 Å². The molecule has 6 nitrogen and oxygen atoms in total. The van der Waals surface area contributed by atoms with E-state index in [9.17, 15) is 9.59 Å². The van der Waals surface area contributed by atoms with Crippen LogP contribution in [0.3, 0.4) is 0 Å². The molecule has 3 rings (SSSR count). The van der Waals surface area contributed by atoms with Gasteiger partial charge in [0.15, 0.2) is 5.75 Å². The standard InChI is InChI=1S/C15H13N3O3/c1-21-15-12(13(19)14(15)20)17-11-5-3-2-4-10(11)8-18-7-6-16-9-18/h2-7,9,17H,8H2,1H3. The first-order valence-electron chi connectivity index (χ1n) is 6.38. The Labute approximate surface area is 120 Å². The number of benzene rings is 1. The molecular formula is C15H13N3O3. The molecule has 2 aromatic carbocycles. The van der Waals surface area contributed by atoms with Crippen molar-refractivity contribution in [2.75, 3.05) is 12.4 Å². The van der Waals surface area contributed by atoms with E-state index < -0.39 is 10.9 Å². The van der Waals surface area contributed by atoms with Crippen LogP contribution in [0.25, 0.3) is 0 Å². The summed E-state index contributed by atoms with van der Waals surface area (Å²) in [4.78, 5) is 26.9. The van der Waals surface area contributed by atoms with Gasteiger partial charge in [0.2, 0.25) is 0 Å². The number of aromatic nitrogens is 2. The molecule has 0 saturated carbocycles. The fourth-order valence-corrected chi connectivity index (χ4v) is 2.17. The summed E-state index contributed by atoms with van der Waals surface area (Å²) >= 11 is 0. The third-order valence-electron chi connectivity index (χ3n) is 3.26. The van der Waals surface area contributed by atoms with E-state index >= 15 is 0 Å².